The predicted octanol–water partition coefficient (Wildman–Crippen LogP) is 2.25. The quantitative estimate of drug-likeness (QED) is 0.688. The predicted molar refractivity (Wildman–Crippen MR) is 63.0 cm³/mol. The van der Waals surface area contributed by atoms with E-state index in [1.54, 1.807) is 0 Å². The minimum Gasteiger partial charge on any atom is -0.363 e. The van der Waals surface area contributed by atoms with E-state index >= 15 is 0 Å². The first-order valence-electron chi connectivity index (χ1n) is 5.06. The van der Waals surface area contributed by atoms with Gasteiger partial charge in [-0.1, -0.05) is 20.8 Å². The Morgan fingerprint density at radius 2 is 2.08 bits per heavy atom. The molecule has 13 heavy (non-hydrogen) atoms. The molecule has 2 nitrogen and oxygen atoms in total. The molecule has 0 atom stereocenters. The number of hydrogen-bond donors (Lipinski definition) is 1. The van der Waals surface area contributed by atoms with Crippen LogP contribution in [0.4, 0.5) is 0 Å². The first-order valence-corrected chi connectivity index (χ1v) is 5.47. The summed E-state index contributed by atoms with van der Waals surface area (Å²) in [4.78, 5) is 2.12. The molecule has 0 aliphatic rings. The molecule has 0 saturated heterocycles. The Morgan fingerprint density at radius 1 is 1.46 bits per heavy atom. The van der Waals surface area contributed by atoms with Gasteiger partial charge in [0.05, 0.1) is 0 Å². The first kappa shape index (κ1) is 12.7. The molecule has 0 spiro atoms. The van der Waals surface area contributed by atoms with Gasteiger partial charge in [-0.2, -0.15) is 0 Å². The number of rotatable bonds is 5. The summed E-state index contributed by atoms with van der Waals surface area (Å²) in [5.41, 5.74) is 0. The van der Waals surface area contributed by atoms with Crippen LogP contribution in [0.2, 0.25) is 0 Å². The van der Waals surface area contributed by atoms with Crippen LogP contribution in [0, 0.1) is 5.92 Å². The van der Waals surface area contributed by atoms with Crippen LogP contribution in [0.15, 0.2) is 0 Å². The van der Waals surface area contributed by atoms with E-state index in [2.05, 4.69) is 31.0 Å². The van der Waals surface area contributed by atoms with Crippen LogP contribution < -0.4 is 5.32 Å². The molecule has 0 fully saturated rings. The number of nitrogens with zero attached hydrogens (tertiary/aromatic N) is 1. The van der Waals surface area contributed by atoms with Crippen LogP contribution in [0.3, 0.4) is 0 Å². The standard InChI is InChI=1S/C10H22N2S/c1-5-7-11-10(13)12(4)8-6-9(2)3/h9H,5-8H2,1-4H3,(H,11,13). The molecule has 0 aromatic heterocycles. The highest BCUT2D eigenvalue weighted by molar-refractivity contribution is 7.80. The van der Waals surface area contributed by atoms with Crippen molar-refractivity contribution in [3.8, 4) is 0 Å². The van der Waals surface area contributed by atoms with Crippen molar-refractivity contribution in [2.75, 3.05) is 20.1 Å². The van der Waals surface area contributed by atoms with Gasteiger partial charge >= 0.3 is 0 Å². The highest BCUT2D eigenvalue weighted by atomic mass is 32.1. The van der Waals surface area contributed by atoms with Gasteiger partial charge in [-0.15, -0.1) is 0 Å². The maximum atomic E-state index is 5.21. The molecular weight excluding hydrogens is 180 g/mol. The third-order valence-corrected chi connectivity index (χ3v) is 2.37. The molecule has 0 aromatic carbocycles. The monoisotopic (exact) mass is 202 g/mol. The van der Waals surface area contributed by atoms with Crippen molar-refractivity contribution in [2.45, 2.75) is 33.6 Å². The average Bonchev–Trinajstić information content (AvgIpc) is 2.10. The molecule has 78 valence electrons. The van der Waals surface area contributed by atoms with Crippen molar-refractivity contribution in [3.63, 3.8) is 0 Å². The van der Waals surface area contributed by atoms with Crippen LogP contribution in [-0.4, -0.2) is 30.1 Å². The molecular formula is C10H22N2S. The Bertz CT molecular complexity index is 146. The molecule has 3 heteroatoms. The zero-order valence-corrected chi connectivity index (χ0v) is 10.1. The van der Waals surface area contributed by atoms with Crippen molar-refractivity contribution >= 4 is 17.3 Å². The molecule has 0 aromatic rings. The maximum absolute atomic E-state index is 5.21. The van der Waals surface area contributed by atoms with Crippen molar-refractivity contribution in [2.24, 2.45) is 5.92 Å². The van der Waals surface area contributed by atoms with Crippen molar-refractivity contribution in [1.82, 2.24) is 10.2 Å². The lowest BCUT2D eigenvalue weighted by atomic mass is 10.1. The van der Waals surface area contributed by atoms with Crippen LogP contribution in [0.5, 0.6) is 0 Å². The summed E-state index contributed by atoms with van der Waals surface area (Å²) in [5, 5.41) is 4.09. The van der Waals surface area contributed by atoms with E-state index in [4.69, 9.17) is 12.2 Å². The minimum absolute atomic E-state index is 0.747. The fourth-order valence-electron chi connectivity index (χ4n) is 0.920. The van der Waals surface area contributed by atoms with Crippen LogP contribution in [0.1, 0.15) is 33.6 Å². The van der Waals surface area contributed by atoms with E-state index in [0.29, 0.717) is 0 Å². The second kappa shape index (κ2) is 7.13. The summed E-state index contributed by atoms with van der Waals surface area (Å²) in [6.45, 7) is 8.63. The lowest BCUT2D eigenvalue weighted by molar-refractivity contribution is 0.431. The van der Waals surface area contributed by atoms with Gasteiger partial charge in [0.2, 0.25) is 0 Å². The second-order valence-electron chi connectivity index (χ2n) is 3.84. The zero-order valence-electron chi connectivity index (χ0n) is 9.26. The molecule has 0 aliphatic carbocycles. The zero-order chi connectivity index (χ0) is 10.3. The van der Waals surface area contributed by atoms with Crippen molar-refractivity contribution < 1.29 is 0 Å². The average molecular weight is 202 g/mol. The van der Waals surface area contributed by atoms with Crippen LogP contribution in [-0.2, 0) is 0 Å². The van der Waals surface area contributed by atoms with Gasteiger partial charge in [-0.05, 0) is 31.0 Å². The minimum atomic E-state index is 0.747. The van der Waals surface area contributed by atoms with Crippen LogP contribution >= 0.6 is 12.2 Å². The molecule has 0 aliphatic heterocycles. The fourth-order valence-corrected chi connectivity index (χ4v) is 1.11. The molecule has 0 radical (unpaired) electrons. The molecule has 0 saturated carbocycles. The smallest absolute Gasteiger partial charge is 0.168 e. The Kier molecular flexibility index (Phi) is 6.96. The highest BCUT2D eigenvalue weighted by Crippen LogP contribution is 2.00. The molecule has 0 unspecified atom stereocenters. The number of nitrogens with one attached hydrogen (secondary N) is 1. The topological polar surface area (TPSA) is 15.3 Å². The summed E-state index contributed by atoms with van der Waals surface area (Å²) in [7, 11) is 2.05. The molecule has 0 rings (SSSR count). The van der Waals surface area contributed by atoms with Crippen molar-refractivity contribution in [1.29, 1.82) is 0 Å². The molecule has 0 heterocycles. The van der Waals surface area contributed by atoms with Gasteiger partial charge in [-0.25, -0.2) is 0 Å². The SMILES string of the molecule is CCCNC(=S)N(C)CCC(C)C. The summed E-state index contributed by atoms with van der Waals surface area (Å²) in [6.07, 6.45) is 2.32. The maximum Gasteiger partial charge on any atom is 0.168 e. The van der Waals surface area contributed by atoms with Gasteiger partial charge in [0.1, 0.15) is 0 Å². The number of hydrogen-bond acceptors (Lipinski definition) is 1. The normalized spacial score (nSPS) is 10.2. The summed E-state index contributed by atoms with van der Waals surface area (Å²) in [5.74, 6) is 0.747. The van der Waals surface area contributed by atoms with Gasteiger partial charge in [-0.3, -0.25) is 0 Å². The summed E-state index contributed by atoms with van der Waals surface area (Å²) in [6, 6.07) is 0. The van der Waals surface area contributed by atoms with E-state index in [-0.39, 0.29) is 0 Å². The van der Waals surface area contributed by atoms with Gasteiger partial charge < -0.3 is 10.2 Å². The lowest BCUT2D eigenvalue weighted by Gasteiger charge is -2.21. The lowest BCUT2D eigenvalue weighted by Crippen LogP contribution is -2.38. The van der Waals surface area contributed by atoms with Crippen molar-refractivity contribution in [3.05, 3.63) is 0 Å². The van der Waals surface area contributed by atoms with E-state index in [9.17, 15) is 0 Å². The summed E-state index contributed by atoms with van der Waals surface area (Å²) >= 11 is 5.21. The van der Waals surface area contributed by atoms with E-state index in [0.717, 1.165) is 30.5 Å². The van der Waals surface area contributed by atoms with Gasteiger partial charge in [0.15, 0.2) is 5.11 Å². The Hall–Kier alpha value is -0.310. The third kappa shape index (κ3) is 6.82. The third-order valence-electron chi connectivity index (χ3n) is 1.91. The van der Waals surface area contributed by atoms with E-state index in [1.807, 2.05) is 7.05 Å². The molecule has 0 bridgehead atoms. The van der Waals surface area contributed by atoms with Gasteiger partial charge in [0, 0.05) is 20.1 Å². The fraction of sp³-hybridized carbons (Fsp3) is 0.900. The van der Waals surface area contributed by atoms with E-state index in [1.165, 1.54) is 6.42 Å². The Labute approximate surface area is 87.7 Å². The largest absolute Gasteiger partial charge is 0.363 e. The molecule has 1 N–H and O–H groups in total. The van der Waals surface area contributed by atoms with Crippen LogP contribution in [0.25, 0.3) is 0 Å². The Balaban J connectivity index is 3.57. The summed E-state index contributed by atoms with van der Waals surface area (Å²) < 4.78 is 0. The van der Waals surface area contributed by atoms with Gasteiger partial charge in [0.25, 0.3) is 0 Å². The number of thiocarbonyl (C=S) groups is 1. The van der Waals surface area contributed by atoms with E-state index < -0.39 is 0 Å². The Morgan fingerprint density at radius 3 is 2.54 bits per heavy atom. The highest BCUT2D eigenvalue weighted by Gasteiger charge is 2.03. The molecule has 0 amide bonds. The first-order chi connectivity index (χ1) is 6.07. The second-order valence-corrected chi connectivity index (χ2v) is 4.22.